The number of carbonyl (C=O) groups excluding carboxylic acids is 1. The van der Waals surface area contributed by atoms with Crippen LogP contribution in [-0.4, -0.2) is 10.9 Å². The van der Waals surface area contributed by atoms with Crippen molar-refractivity contribution >= 4 is 33.4 Å². The lowest BCUT2D eigenvalue weighted by molar-refractivity contribution is 0.0928. The molecule has 2 aromatic carbocycles. The number of nitrogens with one attached hydrogen (secondary N) is 1. The van der Waals surface area contributed by atoms with E-state index >= 15 is 0 Å². The molecule has 1 fully saturated rings. The van der Waals surface area contributed by atoms with E-state index in [1.54, 1.807) is 6.07 Å². The van der Waals surface area contributed by atoms with Gasteiger partial charge in [-0.3, -0.25) is 4.79 Å². The summed E-state index contributed by atoms with van der Waals surface area (Å²) in [6, 6.07) is 15.0. The summed E-state index contributed by atoms with van der Waals surface area (Å²) in [7, 11) is 0. The van der Waals surface area contributed by atoms with E-state index in [-0.39, 0.29) is 23.1 Å². The van der Waals surface area contributed by atoms with Gasteiger partial charge < -0.3 is 10.1 Å². The van der Waals surface area contributed by atoms with Gasteiger partial charge in [0.15, 0.2) is 0 Å². The van der Waals surface area contributed by atoms with Crippen molar-refractivity contribution in [3.05, 3.63) is 87.2 Å². The molecule has 1 aliphatic carbocycles. The number of nitrogens with zero attached hydrogens (tertiary/aromatic N) is 1. The van der Waals surface area contributed by atoms with Gasteiger partial charge in [-0.05, 0) is 48.7 Å². The highest BCUT2D eigenvalue weighted by molar-refractivity contribution is 9.10. The van der Waals surface area contributed by atoms with E-state index in [0.717, 1.165) is 22.9 Å². The van der Waals surface area contributed by atoms with Crippen molar-refractivity contribution in [2.24, 2.45) is 0 Å². The van der Waals surface area contributed by atoms with Crippen LogP contribution in [-0.2, 0) is 5.54 Å². The first-order valence-corrected chi connectivity index (χ1v) is 9.80. The predicted molar refractivity (Wildman–Crippen MR) is 108 cm³/mol. The molecule has 4 nitrogen and oxygen atoms in total. The van der Waals surface area contributed by atoms with E-state index in [0.29, 0.717) is 5.02 Å². The molecule has 0 saturated heterocycles. The zero-order valence-corrected chi connectivity index (χ0v) is 16.9. The fourth-order valence-corrected chi connectivity index (χ4v) is 3.40. The fourth-order valence-electron chi connectivity index (χ4n) is 2.98. The lowest BCUT2D eigenvalue weighted by atomic mass is 10.0. The molecule has 0 atom stereocenters. The molecule has 7 heteroatoms. The van der Waals surface area contributed by atoms with Crippen LogP contribution in [0.15, 0.2) is 65.3 Å². The Morgan fingerprint density at radius 2 is 1.93 bits per heavy atom. The Balaban J connectivity index is 1.60. The summed E-state index contributed by atoms with van der Waals surface area (Å²) >= 11 is 9.47. The third-order valence-corrected chi connectivity index (χ3v) is 5.31. The maximum Gasteiger partial charge on any atom is 0.257 e. The van der Waals surface area contributed by atoms with E-state index in [1.807, 2.05) is 24.3 Å². The first-order chi connectivity index (χ1) is 13.4. The summed E-state index contributed by atoms with van der Waals surface area (Å²) in [5.41, 5.74) is 0.822. The van der Waals surface area contributed by atoms with E-state index < -0.39 is 11.4 Å². The molecule has 0 unspecified atom stereocenters. The molecule has 1 aromatic heterocycles. The minimum absolute atomic E-state index is 0.0686. The normalized spacial score (nSPS) is 14.4. The number of aromatic nitrogens is 1. The van der Waals surface area contributed by atoms with Gasteiger partial charge in [0.2, 0.25) is 5.88 Å². The molecule has 0 radical (unpaired) electrons. The van der Waals surface area contributed by atoms with Crippen molar-refractivity contribution in [1.82, 2.24) is 10.3 Å². The molecule has 1 aliphatic rings. The number of halogens is 3. The molecule has 1 N–H and O–H groups in total. The molecule has 28 heavy (non-hydrogen) atoms. The zero-order valence-electron chi connectivity index (χ0n) is 14.6. The highest BCUT2D eigenvalue weighted by Crippen LogP contribution is 2.46. The van der Waals surface area contributed by atoms with Crippen LogP contribution >= 0.6 is 27.5 Å². The van der Waals surface area contributed by atoms with Crippen molar-refractivity contribution < 1.29 is 13.9 Å². The second-order valence-electron chi connectivity index (χ2n) is 6.61. The smallest absolute Gasteiger partial charge is 0.257 e. The SMILES string of the molecule is O=C(NC1(c2ccc(Br)cc2)CC1)c1cc(Cl)cnc1Oc1cccc(F)c1. The molecule has 0 spiro atoms. The Hall–Kier alpha value is -2.44. The number of pyridine rings is 1. The van der Waals surface area contributed by atoms with Gasteiger partial charge in [0.25, 0.3) is 5.91 Å². The number of ether oxygens (including phenoxy) is 1. The van der Waals surface area contributed by atoms with Crippen LogP contribution in [0.1, 0.15) is 28.8 Å². The van der Waals surface area contributed by atoms with Crippen LogP contribution in [0.2, 0.25) is 5.02 Å². The van der Waals surface area contributed by atoms with Crippen LogP contribution in [0.3, 0.4) is 0 Å². The number of rotatable bonds is 5. The van der Waals surface area contributed by atoms with Crippen LogP contribution in [0.25, 0.3) is 0 Å². The van der Waals surface area contributed by atoms with Crippen molar-refractivity contribution in [2.75, 3.05) is 0 Å². The van der Waals surface area contributed by atoms with Gasteiger partial charge in [-0.25, -0.2) is 9.37 Å². The van der Waals surface area contributed by atoms with Gasteiger partial charge in [0.1, 0.15) is 17.1 Å². The molecule has 0 aliphatic heterocycles. The van der Waals surface area contributed by atoms with Gasteiger partial charge in [-0.15, -0.1) is 0 Å². The Morgan fingerprint density at radius 3 is 2.61 bits per heavy atom. The summed E-state index contributed by atoms with van der Waals surface area (Å²) in [5.74, 6) is -0.469. The Kier molecular flexibility index (Phi) is 5.08. The molecule has 142 valence electrons. The minimum Gasteiger partial charge on any atom is -0.438 e. The summed E-state index contributed by atoms with van der Waals surface area (Å²) in [6.45, 7) is 0. The second-order valence-corrected chi connectivity index (χ2v) is 7.96. The number of amides is 1. The third-order valence-electron chi connectivity index (χ3n) is 4.57. The van der Waals surface area contributed by atoms with Gasteiger partial charge >= 0.3 is 0 Å². The maximum atomic E-state index is 13.4. The number of carbonyl (C=O) groups is 1. The first-order valence-electron chi connectivity index (χ1n) is 8.63. The van der Waals surface area contributed by atoms with Crippen molar-refractivity contribution in [1.29, 1.82) is 0 Å². The molecule has 1 amide bonds. The van der Waals surface area contributed by atoms with Crippen LogP contribution in [0.5, 0.6) is 11.6 Å². The van der Waals surface area contributed by atoms with Crippen LogP contribution in [0, 0.1) is 5.82 Å². The van der Waals surface area contributed by atoms with Crippen molar-refractivity contribution in [3.8, 4) is 11.6 Å². The average molecular weight is 462 g/mol. The molecule has 3 aromatic rings. The lowest BCUT2D eigenvalue weighted by Gasteiger charge is -2.19. The Labute approximate surface area is 174 Å². The highest BCUT2D eigenvalue weighted by Gasteiger charge is 2.46. The number of hydrogen-bond donors (Lipinski definition) is 1. The highest BCUT2D eigenvalue weighted by atomic mass is 79.9. The number of hydrogen-bond acceptors (Lipinski definition) is 3. The fraction of sp³-hybridized carbons (Fsp3) is 0.143. The largest absolute Gasteiger partial charge is 0.438 e. The van der Waals surface area contributed by atoms with E-state index in [9.17, 15) is 9.18 Å². The molecule has 4 rings (SSSR count). The minimum atomic E-state index is -0.440. The van der Waals surface area contributed by atoms with E-state index in [1.165, 1.54) is 30.5 Å². The van der Waals surface area contributed by atoms with E-state index in [2.05, 4.69) is 26.2 Å². The summed E-state index contributed by atoms with van der Waals surface area (Å²) in [4.78, 5) is 17.1. The number of benzene rings is 2. The van der Waals surface area contributed by atoms with Gasteiger partial charge in [-0.2, -0.15) is 0 Å². The predicted octanol–water partition coefficient (Wildman–Crippen LogP) is 5.85. The summed E-state index contributed by atoms with van der Waals surface area (Å²) in [5, 5.41) is 3.39. The van der Waals surface area contributed by atoms with Crippen LogP contribution < -0.4 is 10.1 Å². The molecule has 1 heterocycles. The van der Waals surface area contributed by atoms with Gasteiger partial charge in [0, 0.05) is 16.7 Å². The molecular formula is C21H15BrClFN2O2. The van der Waals surface area contributed by atoms with Crippen molar-refractivity contribution in [3.63, 3.8) is 0 Å². The van der Waals surface area contributed by atoms with Crippen LogP contribution in [0.4, 0.5) is 4.39 Å². The zero-order chi connectivity index (χ0) is 19.7. The summed E-state index contributed by atoms with van der Waals surface area (Å²) < 4.78 is 20.1. The second kappa shape index (κ2) is 7.53. The molecule has 1 saturated carbocycles. The Bertz CT molecular complexity index is 1040. The first kappa shape index (κ1) is 18.9. The average Bonchev–Trinajstić information content (AvgIpc) is 3.44. The molecule has 0 bridgehead atoms. The van der Waals surface area contributed by atoms with E-state index in [4.69, 9.17) is 16.3 Å². The Morgan fingerprint density at radius 1 is 1.18 bits per heavy atom. The van der Waals surface area contributed by atoms with Crippen molar-refractivity contribution in [2.45, 2.75) is 18.4 Å². The van der Waals surface area contributed by atoms with Gasteiger partial charge in [-0.1, -0.05) is 45.7 Å². The molecular weight excluding hydrogens is 447 g/mol. The monoisotopic (exact) mass is 460 g/mol. The standard InChI is InChI=1S/C21H15BrClFN2O2/c22-14-6-4-13(5-7-14)21(8-9-21)26-19(27)18-10-15(23)12-25-20(18)28-17-3-1-2-16(24)11-17/h1-7,10-12H,8-9H2,(H,26,27). The quantitative estimate of drug-likeness (QED) is 0.519. The van der Waals surface area contributed by atoms with Gasteiger partial charge in [0.05, 0.1) is 10.6 Å². The topological polar surface area (TPSA) is 51.2 Å². The summed E-state index contributed by atoms with van der Waals surface area (Å²) in [6.07, 6.45) is 3.07. The third kappa shape index (κ3) is 4.03. The lowest BCUT2D eigenvalue weighted by Crippen LogP contribution is -2.35. The maximum absolute atomic E-state index is 13.4.